The summed E-state index contributed by atoms with van der Waals surface area (Å²) >= 11 is 0. The molecule has 9 rings (SSSR count). The van der Waals surface area contributed by atoms with Gasteiger partial charge in [-0.1, -0.05) is 84.9 Å². The van der Waals surface area contributed by atoms with Crippen LogP contribution in [0.2, 0.25) is 0 Å². The average Bonchev–Trinajstić information content (AvgIpc) is 3.73. The second kappa shape index (κ2) is 9.22. The van der Waals surface area contributed by atoms with Crippen LogP contribution in [0.15, 0.2) is 138 Å². The zero-order valence-corrected chi connectivity index (χ0v) is 22.8. The van der Waals surface area contributed by atoms with Crippen LogP contribution in [0.5, 0.6) is 0 Å². The topological polar surface area (TPSA) is 74.0 Å². The number of benzene rings is 5. The first kappa shape index (κ1) is 23.6. The van der Waals surface area contributed by atoms with Gasteiger partial charge in [-0.25, -0.2) is 24.3 Å². The predicted octanol–water partition coefficient (Wildman–Crippen LogP) is 8.36. The highest BCUT2D eigenvalue weighted by Gasteiger charge is 2.23. The number of para-hydroxylation sites is 3. The van der Waals surface area contributed by atoms with E-state index < -0.39 is 0 Å². The van der Waals surface area contributed by atoms with Crippen LogP contribution in [0.4, 0.5) is 0 Å². The van der Waals surface area contributed by atoms with Crippen molar-refractivity contribution < 1.29 is 4.42 Å². The number of fused-ring (bicyclic) bond motifs is 7. The van der Waals surface area contributed by atoms with Gasteiger partial charge < -0.3 is 4.42 Å². The number of hydrogen-bond donors (Lipinski definition) is 0. The number of imidazole rings is 2. The minimum absolute atomic E-state index is 0.613. The van der Waals surface area contributed by atoms with Crippen molar-refractivity contribution >= 4 is 39.0 Å². The molecular weight excluding hydrogens is 532 g/mol. The van der Waals surface area contributed by atoms with Gasteiger partial charge in [0.1, 0.15) is 11.1 Å². The maximum absolute atomic E-state index is 6.41. The van der Waals surface area contributed by atoms with Gasteiger partial charge in [-0.15, -0.1) is 0 Å². The van der Waals surface area contributed by atoms with Gasteiger partial charge in [0.25, 0.3) is 0 Å². The number of aromatic nitrogens is 6. The molecule has 0 aliphatic heterocycles. The van der Waals surface area contributed by atoms with Gasteiger partial charge in [-0.05, 0) is 48.5 Å². The van der Waals surface area contributed by atoms with Crippen LogP contribution < -0.4 is 0 Å². The third-order valence-corrected chi connectivity index (χ3v) is 7.80. The highest BCUT2D eigenvalue weighted by Crippen LogP contribution is 2.36. The second-order valence-electron chi connectivity index (χ2n) is 10.4. The molecule has 7 nitrogen and oxygen atoms in total. The van der Waals surface area contributed by atoms with Crippen molar-refractivity contribution in [1.82, 2.24) is 28.9 Å². The zero-order chi connectivity index (χ0) is 28.3. The third kappa shape index (κ3) is 3.68. The zero-order valence-electron chi connectivity index (χ0n) is 22.8. The summed E-state index contributed by atoms with van der Waals surface area (Å²) in [6.07, 6.45) is 0. The maximum atomic E-state index is 6.41. The Morgan fingerprint density at radius 2 is 1.05 bits per heavy atom. The summed E-state index contributed by atoms with van der Waals surface area (Å²) in [5, 5.41) is 1.04. The molecule has 0 unspecified atom stereocenters. The number of hydrogen-bond acceptors (Lipinski definition) is 5. The van der Waals surface area contributed by atoms with E-state index in [2.05, 4.69) is 45.4 Å². The lowest BCUT2D eigenvalue weighted by Gasteiger charge is -2.09. The summed E-state index contributed by atoms with van der Waals surface area (Å²) in [4.78, 5) is 19.6. The van der Waals surface area contributed by atoms with Gasteiger partial charge in [0.05, 0.1) is 11.0 Å². The minimum Gasteiger partial charge on any atom is -0.437 e. The van der Waals surface area contributed by atoms with Crippen molar-refractivity contribution in [3.63, 3.8) is 0 Å². The average molecular weight is 555 g/mol. The number of furan rings is 1. The van der Waals surface area contributed by atoms with Crippen molar-refractivity contribution in [2.45, 2.75) is 0 Å². The largest absolute Gasteiger partial charge is 0.437 e. The fraction of sp³-hybridized carbons (Fsp3) is 0. The Labute approximate surface area is 245 Å². The summed E-state index contributed by atoms with van der Waals surface area (Å²) in [5.41, 5.74) is 8.24. The van der Waals surface area contributed by atoms with Gasteiger partial charge in [-0.2, -0.15) is 0 Å². The fourth-order valence-corrected chi connectivity index (χ4v) is 5.79. The molecule has 0 spiro atoms. The third-order valence-electron chi connectivity index (χ3n) is 7.80. The van der Waals surface area contributed by atoms with Crippen LogP contribution in [0.25, 0.3) is 78.9 Å². The summed E-state index contributed by atoms with van der Waals surface area (Å²) in [5.74, 6) is 2.68. The maximum Gasteiger partial charge on any atom is 0.232 e. The van der Waals surface area contributed by atoms with Crippen LogP contribution in [0, 0.1) is 0 Å². The van der Waals surface area contributed by atoms with E-state index in [1.165, 1.54) is 0 Å². The summed E-state index contributed by atoms with van der Waals surface area (Å²) in [7, 11) is 0. The van der Waals surface area contributed by atoms with E-state index in [0.717, 1.165) is 61.4 Å². The molecule has 4 aromatic heterocycles. The Hall–Kier alpha value is -6.08. The summed E-state index contributed by atoms with van der Waals surface area (Å²) in [6.45, 7) is 0. The van der Waals surface area contributed by atoms with Crippen molar-refractivity contribution in [2.75, 3.05) is 0 Å². The standard InChI is InChI=1S/C36H22N6O/c1-3-11-23(12-4-1)32-38-33(24-13-5-2-6-14-24)40-34(39-32)25-19-21-26(22-20-25)41-31-27-15-7-10-18-30(27)43-35(31)42-29-17-9-8-16-28(29)37-36(41)42/h1-22H. The second-order valence-corrected chi connectivity index (χ2v) is 10.4. The predicted molar refractivity (Wildman–Crippen MR) is 169 cm³/mol. The van der Waals surface area contributed by atoms with Crippen LogP contribution in [0.1, 0.15) is 0 Å². The Balaban J connectivity index is 1.24. The first-order chi connectivity index (χ1) is 21.3. The summed E-state index contributed by atoms with van der Waals surface area (Å²) < 4.78 is 10.7. The molecule has 5 aromatic carbocycles. The van der Waals surface area contributed by atoms with Crippen molar-refractivity contribution in [2.24, 2.45) is 0 Å². The van der Waals surface area contributed by atoms with E-state index in [9.17, 15) is 0 Å². The summed E-state index contributed by atoms with van der Waals surface area (Å²) in [6, 6.07) is 44.6. The Bertz CT molecular complexity index is 2380. The molecule has 202 valence electrons. The molecule has 0 aliphatic carbocycles. The van der Waals surface area contributed by atoms with Crippen LogP contribution in [-0.4, -0.2) is 28.9 Å². The molecule has 43 heavy (non-hydrogen) atoms. The van der Waals surface area contributed by atoms with E-state index in [1.54, 1.807) is 0 Å². The van der Waals surface area contributed by atoms with Crippen molar-refractivity contribution in [3.8, 4) is 39.9 Å². The smallest absolute Gasteiger partial charge is 0.232 e. The first-order valence-electron chi connectivity index (χ1n) is 14.1. The minimum atomic E-state index is 0.613. The molecule has 0 fully saturated rings. The number of rotatable bonds is 4. The molecule has 0 amide bonds. The van der Waals surface area contributed by atoms with Crippen LogP contribution in [-0.2, 0) is 0 Å². The lowest BCUT2D eigenvalue weighted by Crippen LogP contribution is -2.00. The molecule has 7 heteroatoms. The SMILES string of the molecule is c1ccc(-c2nc(-c3ccccc3)nc(-c3ccc(-n4c5c6ccccc6oc5n5c6ccccc6nc45)cc3)n2)cc1. The van der Waals surface area contributed by atoms with Gasteiger partial charge in [0.15, 0.2) is 17.5 Å². The van der Waals surface area contributed by atoms with Crippen molar-refractivity contribution in [1.29, 1.82) is 0 Å². The van der Waals surface area contributed by atoms with Gasteiger partial charge in [0, 0.05) is 27.8 Å². The fourth-order valence-electron chi connectivity index (χ4n) is 5.79. The Morgan fingerprint density at radius 3 is 1.72 bits per heavy atom. The van der Waals surface area contributed by atoms with Crippen molar-refractivity contribution in [3.05, 3.63) is 133 Å². The molecule has 0 aliphatic rings. The Kier molecular flexibility index (Phi) is 5.06. The van der Waals surface area contributed by atoms with E-state index >= 15 is 0 Å². The first-order valence-corrected chi connectivity index (χ1v) is 14.1. The monoisotopic (exact) mass is 554 g/mol. The lowest BCUT2D eigenvalue weighted by molar-refractivity contribution is 0.651. The molecule has 4 heterocycles. The van der Waals surface area contributed by atoms with Crippen LogP contribution >= 0.6 is 0 Å². The highest BCUT2D eigenvalue weighted by molar-refractivity contribution is 6.06. The molecule has 0 bridgehead atoms. The molecular formula is C36H22N6O. The van der Waals surface area contributed by atoms with E-state index in [1.807, 2.05) is 97.1 Å². The highest BCUT2D eigenvalue weighted by atomic mass is 16.3. The van der Waals surface area contributed by atoms with E-state index in [0.29, 0.717) is 17.5 Å². The number of nitrogens with zero attached hydrogens (tertiary/aromatic N) is 6. The van der Waals surface area contributed by atoms with Gasteiger partial charge in [0.2, 0.25) is 11.5 Å². The molecule has 0 radical (unpaired) electrons. The lowest BCUT2D eigenvalue weighted by atomic mass is 10.1. The molecule has 0 N–H and O–H groups in total. The quantitative estimate of drug-likeness (QED) is 0.219. The van der Waals surface area contributed by atoms with Crippen LogP contribution in [0.3, 0.4) is 0 Å². The van der Waals surface area contributed by atoms with Gasteiger partial charge in [-0.3, -0.25) is 4.57 Å². The molecule has 0 atom stereocenters. The van der Waals surface area contributed by atoms with Gasteiger partial charge >= 0.3 is 0 Å². The van der Waals surface area contributed by atoms with E-state index in [-0.39, 0.29) is 0 Å². The molecule has 0 saturated heterocycles. The molecule has 9 aromatic rings. The van der Waals surface area contributed by atoms with E-state index in [4.69, 9.17) is 24.4 Å². The molecule has 0 saturated carbocycles. The Morgan fingerprint density at radius 1 is 0.488 bits per heavy atom. The normalized spacial score (nSPS) is 11.7.